The molecule has 3 heterocycles. The van der Waals surface area contributed by atoms with Crippen molar-refractivity contribution in [1.82, 2.24) is 29.7 Å². The van der Waals surface area contributed by atoms with Gasteiger partial charge in [0.1, 0.15) is 5.82 Å². The van der Waals surface area contributed by atoms with Crippen LogP contribution in [0.25, 0.3) is 11.4 Å². The molecule has 0 bridgehead atoms. The predicted octanol–water partition coefficient (Wildman–Crippen LogP) is 2.36. The monoisotopic (exact) mass is 451 g/mol. The first-order chi connectivity index (χ1) is 14.3. The molecule has 3 rings (SSSR count). The number of methoxy groups -OCH3 is 1. The molecule has 3 aromatic rings. The molecule has 0 aliphatic rings. The first-order valence-corrected chi connectivity index (χ1v) is 11.1. The van der Waals surface area contributed by atoms with Gasteiger partial charge in [-0.15, -0.1) is 10.2 Å². The number of halogens is 1. The molecule has 0 radical (unpaired) electrons. The van der Waals surface area contributed by atoms with Crippen molar-refractivity contribution in [3.63, 3.8) is 0 Å². The average molecular weight is 452 g/mol. The van der Waals surface area contributed by atoms with Crippen molar-refractivity contribution in [2.75, 3.05) is 18.4 Å². The van der Waals surface area contributed by atoms with E-state index in [1.54, 1.807) is 44.0 Å². The van der Waals surface area contributed by atoms with Crippen LogP contribution in [0.3, 0.4) is 0 Å². The fourth-order valence-corrected chi connectivity index (χ4v) is 4.09. The van der Waals surface area contributed by atoms with Crippen LogP contribution in [0.2, 0.25) is 5.02 Å². The number of pyridine rings is 1. The number of hydrogen-bond donors (Lipinski definition) is 1. The third-order valence-corrected chi connectivity index (χ3v) is 6.71. The second kappa shape index (κ2) is 9.45. The molecule has 10 nitrogen and oxygen atoms in total. The number of ether oxygens (including phenoxy) is 1. The number of nitrogens with zero attached hydrogens (tertiary/aromatic N) is 6. The van der Waals surface area contributed by atoms with Gasteiger partial charge < -0.3 is 4.74 Å². The Morgan fingerprint density at radius 1 is 1.20 bits per heavy atom. The zero-order valence-electron chi connectivity index (χ0n) is 16.7. The van der Waals surface area contributed by atoms with Gasteiger partial charge >= 0.3 is 0 Å². The first-order valence-electron chi connectivity index (χ1n) is 9.15. The van der Waals surface area contributed by atoms with Gasteiger partial charge in [0.2, 0.25) is 16.0 Å². The van der Waals surface area contributed by atoms with Gasteiger partial charge in [-0.2, -0.15) is 0 Å². The minimum Gasteiger partial charge on any atom is -0.383 e. The van der Waals surface area contributed by atoms with Gasteiger partial charge in [0, 0.05) is 43.4 Å². The second-order valence-electron chi connectivity index (χ2n) is 6.63. The third kappa shape index (κ3) is 4.91. The van der Waals surface area contributed by atoms with Crippen molar-refractivity contribution < 1.29 is 13.2 Å². The van der Waals surface area contributed by atoms with Crippen LogP contribution in [0, 0.1) is 0 Å². The number of anilines is 1. The number of aromatic nitrogens is 6. The van der Waals surface area contributed by atoms with E-state index in [1.165, 1.54) is 12.4 Å². The van der Waals surface area contributed by atoms with Gasteiger partial charge in [0.15, 0.2) is 5.82 Å². The first kappa shape index (κ1) is 22.1. The standard InChI is InChI=1S/C18H22ClN7O3S/c1-12(16-21-10-15(19)11-22-16)13(2)30(27,28)25-18-24-23-17(26(18)7-8-29-3)14-5-4-6-20-9-14/h4-6,9-13H,7-8H2,1-3H3,(H,24,25). The number of sulfonamides is 1. The van der Waals surface area contributed by atoms with E-state index < -0.39 is 21.2 Å². The van der Waals surface area contributed by atoms with Gasteiger partial charge in [0.25, 0.3) is 0 Å². The van der Waals surface area contributed by atoms with Crippen LogP contribution in [0.4, 0.5) is 5.95 Å². The van der Waals surface area contributed by atoms with Gasteiger partial charge in [-0.3, -0.25) is 14.3 Å². The third-order valence-electron chi connectivity index (χ3n) is 4.66. The minimum absolute atomic E-state index is 0.0991. The van der Waals surface area contributed by atoms with Crippen molar-refractivity contribution in [3.05, 3.63) is 47.8 Å². The molecule has 0 aliphatic carbocycles. The molecule has 0 amide bonds. The Labute approximate surface area is 179 Å². The summed E-state index contributed by atoms with van der Waals surface area (Å²) in [6, 6.07) is 3.59. The molecule has 0 spiro atoms. The molecule has 0 saturated carbocycles. The second-order valence-corrected chi connectivity index (χ2v) is 9.11. The highest BCUT2D eigenvalue weighted by Gasteiger charge is 2.31. The van der Waals surface area contributed by atoms with Crippen LogP contribution >= 0.6 is 11.6 Å². The van der Waals surface area contributed by atoms with Crippen molar-refractivity contribution in [2.24, 2.45) is 0 Å². The lowest BCUT2D eigenvalue weighted by Gasteiger charge is -2.20. The predicted molar refractivity (Wildman–Crippen MR) is 113 cm³/mol. The minimum atomic E-state index is -3.83. The number of hydrogen-bond acceptors (Lipinski definition) is 8. The smallest absolute Gasteiger partial charge is 0.238 e. The van der Waals surface area contributed by atoms with Crippen molar-refractivity contribution >= 4 is 27.6 Å². The molecule has 2 atom stereocenters. The van der Waals surface area contributed by atoms with Gasteiger partial charge in [-0.05, 0) is 19.1 Å². The highest BCUT2D eigenvalue weighted by atomic mass is 35.5. The molecule has 160 valence electrons. The Morgan fingerprint density at radius 3 is 2.57 bits per heavy atom. The Kier molecular flexibility index (Phi) is 6.95. The molecule has 0 aliphatic heterocycles. The summed E-state index contributed by atoms with van der Waals surface area (Å²) in [7, 11) is -2.27. The summed E-state index contributed by atoms with van der Waals surface area (Å²) in [5, 5.41) is 7.74. The summed E-state index contributed by atoms with van der Waals surface area (Å²) in [5.74, 6) is 0.489. The van der Waals surface area contributed by atoms with Crippen LogP contribution in [-0.2, 0) is 21.3 Å². The average Bonchev–Trinajstić information content (AvgIpc) is 3.14. The molecule has 0 aromatic carbocycles. The van der Waals surface area contributed by atoms with E-state index in [-0.39, 0.29) is 5.95 Å². The fraction of sp³-hybridized carbons (Fsp3) is 0.389. The molecule has 0 fully saturated rings. The van der Waals surface area contributed by atoms with Crippen LogP contribution < -0.4 is 4.72 Å². The summed E-state index contributed by atoms with van der Waals surface area (Å²) in [6.07, 6.45) is 6.16. The van der Waals surface area contributed by atoms with E-state index in [0.717, 1.165) is 0 Å². The van der Waals surface area contributed by atoms with E-state index in [4.69, 9.17) is 16.3 Å². The quantitative estimate of drug-likeness (QED) is 0.525. The zero-order valence-corrected chi connectivity index (χ0v) is 18.3. The Hall–Kier alpha value is -2.63. The molecular weight excluding hydrogens is 430 g/mol. The molecule has 1 N–H and O–H groups in total. The lowest BCUT2D eigenvalue weighted by Crippen LogP contribution is -2.31. The van der Waals surface area contributed by atoms with E-state index >= 15 is 0 Å². The molecule has 3 aromatic heterocycles. The molecule has 12 heteroatoms. The van der Waals surface area contributed by atoms with Gasteiger partial charge in [0.05, 0.1) is 23.4 Å². The molecule has 0 saturated heterocycles. The van der Waals surface area contributed by atoms with Crippen molar-refractivity contribution in [2.45, 2.75) is 31.6 Å². The van der Waals surface area contributed by atoms with Crippen molar-refractivity contribution in [3.8, 4) is 11.4 Å². The molecule has 30 heavy (non-hydrogen) atoms. The maximum Gasteiger partial charge on any atom is 0.238 e. The largest absolute Gasteiger partial charge is 0.383 e. The Morgan fingerprint density at radius 2 is 1.93 bits per heavy atom. The highest BCUT2D eigenvalue weighted by molar-refractivity contribution is 7.93. The number of nitrogens with one attached hydrogen (secondary N) is 1. The maximum absolute atomic E-state index is 13.0. The van der Waals surface area contributed by atoms with Crippen LogP contribution in [0.5, 0.6) is 0 Å². The van der Waals surface area contributed by atoms with Gasteiger partial charge in [-0.1, -0.05) is 18.5 Å². The normalized spacial score (nSPS) is 13.7. The SMILES string of the molecule is COCCn1c(NS(=O)(=O)C(C)C(C)c2ncc(Cl)cn2)nnc1-c1cccnc1. The summed E-state index contributed by atoms with van der Waals surface area (Å²) >= 11 is 5.82. The van der Waals surface area contributed by atoms with E-state index in [9.17, 15) is 8.42 Å². The van der Waals surface area contributed by atoms with E-state index in [0.29, 0.717) is 35.4 Å². The van der Waals surface area contributed by atoms with Crippen molar-refractivity contribution in [1.29, 1.82) is 0 Å². The lowest BCUT2D eigenvalue weighted by molar-refractivity contribution is 0.188. The molecule has 2 unspecified atom stereocenters. The van der Waals surface area contributed by atoms with Crippen LogP contribution in [0.1, 0.15) is 25.6 Å². The summed E-state index contributed by atoms with van der Waals surface area (Å²) < 4.78 is 35.4. The Bertz CT molecular complexity index is 1070. The topological polar surface area (TPSA) is 125 Å². The Balaban J connectivity index is 1.88. The highest BCUT2D eigenvalue weighted by Crippen LogP contribution is 2.25. The lowest BCUT2D eigenvalue weighted by atomic mass is 10.1. The summed E-state index contributed by atoms with van der Waals surface area (Å²) in [4.78, 5) is 12.3. The van der Waals surface area contributed by atoms with Crippen LogP contribution in [-0.4, -0.2) is 57.1 Å². The fourth-order valence-electron chi connectivity index (χ4n) is 2.74. The number of rotatable bonds is 9. The van der Waals surface area contributed by atoms with E-state index in [2.05, 4.69) is 29.9 Å². The summed E-state index contributed by atoms with van der Waals surface area (Å²) in [5.41, 5.74) is 0.711. The summed E-state index contributed by atoms with van der Waals surface area (Å²) in [6.45, 7) is 4.03. The maximum atomic E-state index is 13.0. The van der Waals surface area contributed by atoms with Crippen LogP contribution in [0.15, 0.2) is 36.9 Å². The van der Waals surface area contributed by atoms with Gasteiger partial charge in [-0.25, -0.2) is 18.4 Å². The molecular formula is C18H22ClN7O3S. The van der Waals surface area contributed by atoms with E-state index in [1.807, 2.05) is 6.07 Å². The zero-order chi connectivity index (χ0) is 21.7.